The van der Waals surface area contributed by atoms with Crippen molar-refractivity contribution in [2.75, 3.05) is 22.2 Å². The summed E-state index contributed by atoms with van der Waals surface area (Å²) in [5.41, 5.74) is 2.11. The number of fused-ring (bicyclic) bond motifs is 2. The van der Waals surface area contributed by atoms with E-state index in [4.69, 9.17) is 0 Å². The van der Waals surface area contributed by atoms with E-state index in [2.05, 4.69) is 10.6 Å². The Balaban J connectivity index is 1.48. The first-order valence-corrected chi connectivity index (χ1v) is 12.1. The minimum absolute atomic E-state index is 0.158. The number of halogens is 4. The van der Waals surface area contributed by atoms with Gasteiger partial charge >= 0.3 is 5.92 Å². The summed E-state index contributed by atoms with van der Waals surface area (Å²) in [7, 11) is 0. The fourth-order valence-electron chi connectivity index (χ4n) is 4.66. The Morgan fingerprint density at radius 1 is 0.949 bits per heavy atom. The average molecular weight is 534 g/mol. The number of nitrogens with one attached hydrogen (secondary N) is 2. The topological polar surface area (TPSA) is 61.4 Å². The quantitative estimate of drug-likeness (QED) is 0.264. The summed E-state index contributed by atoms with van der Waals surface area (Å²) in [4.78, 5) is 28.4. The second kappa shape index (κ2) is 10.2. The molecule has 0 atom stereocenters. The molecule has 0 aromatic heterocycles. The highest BCUT2D eigenvalue weighted by Gasteiger charge is 2.37. The SMILES string of the molecule is Cc1cc(NC(=O)c2c(F)cccc2C(F)(F)CF)ccc1C(=O)N1c2ccccc2CNc2ccccc21. The molecule has 0 fully saturated rings. The zero-order valence-corrected chi connectivity index (χ0v) is 20.8. The van der Waals surface area contributed by atoms with Crippen molar-refractivity contribution in [2.45, 2.75) is 19.4 Å². The van der Waals surface area contributed by atoms with Gasteiger partial charge in [0.2, 0.25) is 0 Å². The van der Waals surface area contributed by atoms with Crippen LogP contribution < -0.4 is 15.5 Å². The standard InChI is InChI=1S/C30H23F4N3O2/c1-18-15-20(36-28(38)27-22(30(33,34)17-31)8-6-9-23(27)32)13-14-21(18)29(39)37-25-11-4-2-7-19(25)16-35-24-10-3-5-12-26(24)37/h2-15,35H,16-17H2,1H3,(H,36,38). The van der Waals surface area contributed by atoms with Crippen LogP contribution in [0.4, 0.5) is 40.3 Å². The fraction of sp³-hybridized carbons (Fsp3) is 0.133. The van der Waals surface area contributed by atoms with E-state index in [1.165, 1.54) is 18.2 Å². The number of rotatable bonds is 5. The summed E-state index contributed by atoms with van der Waals surface area (Å²) in [6.45, 7) is 0.119. The molecule has 0 radical (unpaired) electrons. The van der Waals surface area contributed by atoms with Crippen LogP contribution in [0.2, 0.25) is 0 Å². The largest absolute Gasteiger partial charge is 0.379 e. The highest BCUT2D eigenvalue weighted by atomic mass is 19.3. The zero-order chi connectivity index (χ0) is 27.7. The lowest BCUT2D eigenvalue weighted by molar-refractivity contribution is -0.0289. The maximum Gasteiger partial charge on any atom is 0.301 e. The van der Waals surface area contributed by atoms with Crippen molar-refractivity contribution in [3.05, 3.63) is 119 Å². The van der Waals surface area contributed by atoms with E-state index in [0.29, 0.717) is 23.4 Å². The second-order valence-electron chi connectivity index (χ2n) is 9.12. The number of benzene rings is 4. The molecule has 1 heterocycles. The number of hydrogen-bond acceptors (Lipinski definition) is 3. The van der Waals surface area contributed by atoms with Gasteiger partial charge in [0.15, 0.2) is 6.67 Å². The molecule has 4 aromatic carbocycles. The van der Waals surface area contributed by atoms with E-state index in [-0.39, 0.29) is 11.6 Å². The van der Waals surface area contributed by atoms with Crippen LogP contribution >= 0.6 is 0 Å². The van der Waals surface area contributed by atoms with Gasteiger partial charge in [0.1, 0.15) is 5.82 Å². The lowest BCUT2D eigenvalue weighted by Crippen LogP contribution is -2.27. The van der Waals surface area contributed by atoms with Gasteiger partial charge in [0, 0.05) is 23.4 Å². The van der Waals surface area contributed by atoms with Crippen molar-refractivity contribution in [1.29, 1.82) is 0 Å². The van der Waals surface area contributed by atoms with Gasteiger partial charge in [-0.15, -0.1) is 0 Å². The second-order valence-corrected chi connectivity index (χ2v) is 9.12. The number of nitrogens with zero attached hydrogens (tertiary/aromatic N) is 1. The molecule has 5 rings (SSSR count). The molecule has 0 saturated carbocycles. The van der Waals surface area contributed by atoms with E-state index in [1.54, 1.807) is 11.8 Å². The van der Waals surface area contributed by atoms with Crippen LogP contribution in [0.15, 0.2) is 84.9 Å². The molecule has 0 saturated heterocycles. The number of aryl methyl sites for hydroxylation is 1. The zero-order valence-electron chi connectivity index (χ0n) is 20.8. The summed E-state index contributed by atoms with van der Waals surface area (Å²) in [5.74, 6) is -6.70. The minimum atomic E-state index is -4.03. The molecule has 2 amide bonds. The van der Waals surface area contributed by atoms with Gasteiger partial charge in [0.25, 0.3) is 11.8 Å². The van der Waals surface area contributed by atoms with Crippen LogP contribution in [0, 0.1) is 12.7 Å². The molecule has 4 aromatic rings. The third-order valence-corrected chi connectivity index (χ3v) is 6.57. The van der Waals surface area contributed by atoms with Gasteiger partial charge in [-0.1, -0.05) is 42.5 Å². The molecular formula is C30H23F4N3O2. The molecule has 0 aliphatic carbocycles. The van der Waals surface area contributed by atoms with Crippen LogP contribution in [-0.2, 0) is 12.5 Å². The monoisotopic (exact) mass is 533 g/mol. The Morgan fingerprint density at radius 3 is 2.41 bits per heavy atom. The smallest absolute Gasteiger partial charge is 0.301 e. The normalized spacial score (nSPS) is 12.6. The average Bonchev–Trinajstić information content (AvgIpc) is 3.09. The molecule has 198 valence electrons. The maximum absolute atomic E-state index is 14.4. The van der Waals surface area contributed by atoms with Crippen molar-refractivity contribution < 1.29 is 27.2 Å². The first kappa shape index (κ1) is 26.0. The Kier molecular flexibility index (Phi) is 6.82. The Morgan fingerprint density at radius 2 is 1.67 bits per heavy atom. The molecule has 5 nitrogen and oxygen atoms in total. The predicted molar refractivity (Wildman–Crippen MR) is 142 cm³/mol. The number of amides is 2. The lowest BCUT2D eigenvalue weighted by Gasteiger charge is -2.25. The van der Waals surface area contributed by atoms with Crippen molar-refractivity contribution in [3.63, 3.8) is 0 Å². The van der Waals surface area contributed by atoms with E-state index >= 15 is 0 Å². The van der Waals surface area contributed by atoms with Crippen molar-refractivity contribution >= 4 is 34.6 Å². The molecular weight excluding hydrogens is 510 g/mol. The van der Waals surface area contributed by atoms with Gasteiger partial charge in [-0.05, 0) is 60.5 Å². The summed E-state index contributed by atoms with van der Waals surface area (Å²) < 4.78 is 55.5. The third kappa shape index (κ3) is 4.83. The van der Waals surface area contributed by atoms with Crippen molar-refractivity contribution in [2.24, 2.45) is 0 Å². The molecule has 0 unspecified atom stereocenters. The van der Waals surface area contributed by atoms with Crippen LogP contribution in [-0.4, -0.2) is 18.5 Å². The van der Waals surface area contributed by atoms with E-state index in [9.17, 15) is 27.2 Å². The van der Waals surface area contributed by atoms with Crippen LogP contribution in [0.1, 0.15) is 37.4 Å². The molecule has 0 spiro atoms. The van der Waals surface area contributed by atoms with Crippen molar-refractivity contribution in [3.8, 4) is 0 Å². The molecule has 39 heavy (non-hydrogen) atoms. The summed E-state index contributed by atoms with van der Waals surface area (Å²) >= 11 is 0. The van der Waals surface area contributed by atoms with Gasteiger partial charge in [0.05, 0.1) is 22.6 Å². The summed E-state index contributed by atoms with van der Waals surface area (Å²) in [5, 5.41) is 5.75. The number of alkyl halides is 3. The highest BCUT2D eigenvalue weighted by Crippen LogP contribution is 2.39. The van der Waals surface area contributed by atoms with Gasteiger partial charge in [-0.2, -0.15) is 8.78 Å². The number of carbonyl (C=O) groups excluding carboxylic acids is 2. The van der Waals surface area contributed by atoms with Crippen molar-refractivity contribution in [1.82, 2.24) is 0 Å². The molecule has 1 aliphatic rings. The number of anilines is 4. The van der Waals surface area contributed by atoms with Crippen LogP contribution in [0.3, 0.4) is 0 Å². The lowest BCUT2D eigenvalue weighted by atomic mass is 10.0. The molecule has 9 heteroatoms. The Bertz CT molecular complexity index is 1540. The first-order valence-electron chi connectivity index (χ1n) is 12.1. The molecule has 1 aliphatic heterocycles. The predicted octanol–water partition coefficient (Wildman–Crippen LogP) is 7.35. The molecule has 2 N–H and O–H groups in total. The third-order valence-electron chi connectivity index (χ3n) is 6.57. The number of hydrogen-bond donors (Lipinski definition) is 2. The van der Waals surface area contributed by atoms with Gasteiger partial charge in [-0.25, -0.2) is 8.78 Å². The minimum Gasteiger partial charge on any atom is -0.379 e. The van der Waals surface area contributed by atoms with E-state index in [0.717, 1.165) is 35.1 Å². The number of para-hydroxylation sites is 3. The first-order chi connectivity index (χ1) is 18.7. The van der Waals surface area contributed by atoms with E-state index < -0.39 is 35.4 Å². The van der Waals surface area contributed by atoms with Crippen LogP contribution in [0.25, 0.3) is 0 Å². The summed E-state index contributed by atoms with van der Waals surface area (Å²) in [6, 6.07) is 22.1. The Labute approximate surface area is 222 Å². The molecule has 0 bridgehead atoms. The van der Waals surface area contributed by atoms with Gasteiger partial charge in [-0.3, -0.25) is 14.5 Å². The Hall–Kier alpha value is -4.66. The van der Waals surface area contributed by atoms with E-state index in [1.807, 2.05) is 48.5 Å². The number of carbonyl (C=O) groups is 2. The van der Waals surface area contributed by atoms with Crippen LogP contribution in [0.5, 0.6) is 0 Å². The fourth-order valence-corrected chi connectivity index (χ4v) is 4.66. The van der Waals surface area contributed by atoms with Gasteiger partial charge < -0.3 is 10.6 Å². The maximum atomic E-state index is 14.4. The highest BCUT2D eigenvalue weighted by molar-refractivity contribution is 6.14. The summed E-state index contributed by atoms with van der Waals surface area (Å²) in [6.07, 6.45) is 0.